The van der Waals surface area contributed by atoms with E-state index in [1.54, 1.807) is 23.5 Å². The SMILES string of the molecule is CCc1cc(-c2nnc(SCC(=O)Nc3scc(-c4ccc(Cl)cc4)c3C(=O)OC)n2CC2CCCO2)cs1. The lowest BCUT2D eigenvalue weighted by Crippen LogP contribution is -2.18. The summed E-state index contributed by atoms with van der Waals surface area (Å²) in [5, 5.41) is 17.4. The Balaban J connectivity index is 1.33. The number of nitrogens with zero attached hydrogens (tertiary/aromatic N) is 3. The highest BCUT2D eigenvalue weighted by molar-refractivity contribution is 7.99. The lowest BCUT2D eigenvalue weighted by atomic mass is 10.0. The van der Waals surface area contributed by atoms with E-state index in [0.29, 0.717) is 32.9 Å². The third-order valence-corrected chi connectivity index (χ3v) is 9.50. The van der Waals surface area contributed by atoms with E-state index in [2.05, 4.69) is 38.5 Å². The van der Waals surface area contributed by atoms with Gasteiger partial charge in [-0.1, -0.05) is 42.4 Å². The summed E-state index contributed by atoms with van der Waals surface area (Å²) >= 11 is 10.3. The first-order chi connectivity index (χ1) is 19.0. The number of halogens is 1. The molecule has 0 bridgehead atoms. The number of aromatic nitrogens is 3. The van der Waals surface area contributed by atoms with Crippen molar-refractivity contribution in [2.75, 3.05) is 24.8 Å². The van der Waals surface area contributed by atoms with Crippen molar-refractivity contribution in [3.8, 4) is 22.5 Å². The highest BCUT2D eigenvalue weighted by Crippen LogP contribution is 2.37. The molecule has 0 radical (unpaired) electrons. The summed E-state index contributed by atoms with van der Waals surface area (Å²) < 4.78 is 13.0. The number of ether oxygens (including phenoxy) is 2. The summed E-state index contributed by atoms with van der Waals surface area (Å²) in [5.74, 6) is 0.102. The quantitative estimate of drug-likeness (QED) is 0.160. The van der Waals surface area contributed by atoms with E-state index >= 15 is 0 Å². The topological polar surface area (TPSA) is 95.3 Å². The summed E-state index contributed by atoms with van der Waals surface area (Å²) in [5.41, 5.74) is 2.82. The molecule has 1 aromatic carbocycles. The number of benzene rings is 1. The van der Waals surface area contributed by atoms with Crippen LogP contribution in [-0.2, 0) is 27.2 Å². The molecule has 0 saturated carbocycles. The fourth-order valence-electron chi connectivity index (χ4n) is 4.34. The van der Waals surface area contributed by atoms with Gasteiger partial charge >= 0.3 is 5.97 Å². The number of nitrogens with one attached hydrogen (secondary N) is 1. The minimum absolute atomic E-state index is 0.0947. The molecule has 0 aliphatic carbocycles. The predicted octanol–water partition coefficient (Wildman–Crippen LogP) is 6.65. The number of aryl methyl sites for hydroxylation is 1. The molecule has 8 nitrogen and oxygen atoms in total. The van der Waals surface area contributed by atoms with Crippen LogP contribution in [0.1, 0.15) is 35.0 Å². The lowest BCUT2D eigenvalue weighted by molar-refractivity contribution is -0.113. The summed E-state index contributed by atoms with van der Waals surface area (Å²) in [6.07, 6.45) is 3.07. The molecular weight excluding hydrogens is 576 g/mol. The zero-order valence-corrected chi connectivity index (χ0v) is 24.6. The van der Waals surface area contributed by atoms with Gasteiger partial charge in [0, 0.05) is 38.4 Å². The van der Waals surface area contributed by atoms with Gasteiger partial charge in [-0.3, -0.25) is 9.36 Å². The molecule has 4 heterocycles. The summed E-state index contributed by atoms with van der Waals surface area (Å²) in [6.45, 7) is 3.52. The second-order valence-electron chi connectivity index (χ2n) is 8.90. The number of thiophene rings is 2. The number of rotatable bonds is 10. The normalized spacial score (nSPS) is 15.0. The minimum Gasteiger partial charge on any atom is -0.465 e. The Bertz CT molecular complexity index is 1460. The van der Waals surface area contributed by atoms with Crippen LogP contribution < -0.4 is 5.32 Å². The zero-order chi connectivity index (χ0) is 27.4. The van der Waals surface area contributed by atoms with E-state index in [0.717, 1.165) is 42.8 Å². The number of anilines is 1. The number of hydrogen-bond acceptors (Lipinski definition) is 9. The van der Waals surface area contributed by atoms with Gasteiger partial charge in [0.25, 0.3) is 0 Å². The Kier molecular flexibility index (Phi) is 9.03. The number of methoxy groups -OCH3 is 1. The smallest absolute Gasteiger partial charge is 0.341 e. The summed E-state index contributed by atoms with van der Waals surface area (Å²) in [4.78, 5) is 27.0. The van der Waals surface area contributed by atoms with E-state index in [9.17, 15) is 9.59 Å². The molecule has 1 unspecified atom stereocenters. The number of carbonyl (C=O) groups excluding carboxylic acids is 2. The van der Waals surface area contributed by atoms with Crippen LogP contribution in [0.5, 0.6) is 0 Å². The zero-order valence-electron chi connectivity index (χ0n) is 21.4. The van der Waals surface area contributed by atoms with E-state index in [4.69, 9.17) is 21.1 Å². The van der Waals surface area contributed by atoms with Gasteiger partial charge in [0.05, 0.1) is 25.5 Å². The molecule has 5 rings (SSSR count). The molecule has 4 aromatic rings. The van der Waals surface area contributed by atoms with Crippen LogP contribution in [0.2, 0.25) is 5.02 Å². The van der Waals surface area contributed by atoms with Gasteiger partial charge < -0.3 is 14.8 Å². The molecule has 1 atom stereocenters. The van der Waals surface area contributed by atoms with Gasteiger partial charge in [0.1, 0.15) is 10.6 Å². The van der Waals surface area contributed by atoms with Crippen molar-refractivity contribution in [2.45, 2.75) is 44.0 Å². The van der Waals surface area contributed by atoms with Crippen LogP contribution >= 0.6 is 46.0 Å². The van der Waals surface area contributed by atoms with Crippen molar-refractivity contribution in [1.82, 2.24) is 14.8 Å². The number of amides is 1. The average Bonchev–Trinajstić information content (AvgIpc) is 3.75. The van der Waals surface area contributed by atoms with Crippen molar-refractivity contribution in [3.63, 3.8) is 0 Å². The van der Waals surface area contributed by atoms with Gasteiger partial charge in [0.15, 0.2) is 11.0 Å². The number of hydrogen-bond donors (Lipinski definition) is 1. The molecule has 39 heavy (non-hydrogen) atoms. The second-order valence-corrected chi connectivity index (χ2v) is 12.2. The molecule has 1 aliphatic rings. The summed E-state index contributed by atoms with van der Waals surface area (Å²) in [7, 11) is 1.32. The molecule has 12 heteroatoms. The molecule has 1 saturated heterocycles. The predicted molar refractivity (Wildman–Crippen MR) is 157 cm³/mol. The van der Waals surface area contributed by atoms with Gasteiger partial charge in [-0.05, 0) is 43.0 Å². The number of esters is 1. The number of thioether (sulfide) groups is 1. The van der Waals surface area contributed by atoms with E-state index in [-0.39, 0.29) is 17.8 Å². The Morgan fingerprint density at radius 2 is 2.03 bits per heavy atom. The molecule has 1 N–H and O–H groups in total. The minimum atomic E-state index is -0.521. The molecule has 3 aromatic heterocycles. The Labute approximate surface area is 243 Å². The van der Waals surface area contributed by atoms with Crippen molar-refractivity contribution in [2.24, 2.45) is 0 Å². The molecular formula is C27H27ClN4O4S3. The molecule has 1 fully saturated rings. The maximum absolute atomic E-state index is 13.0. The van der Waals surface area contributed by atoms with Gasteiger partial charge in [-0.25, -0.2) is 4.79 Å². The average molecular weight is 603 g/mol. The van der Waals surface area contributed by atoms with E-state index in [1.165, 1.54) is 35.1 Å². The van der Waals surface area contributed by atoms with Crippen molar-refractivity contribution < 1.29 is 19.1 Å². The van der Waals surface area contributed by atoms with Crippen molar-refractivity contribution in [3.05, 3.63) is 56.6 Å². The Morgan fingerprint density at radius 3 is 2.72 bits per heavy atom. The lowest BCUT2D eigenvalue weighted by Gasteiger charge is -2.14. The first-order valence-corrected chi connectivity index (χ1v) is 15.6. The highest BCUT2D eigenvalue weighted by atomic mass is 35.5. The van der Waals surface area contributed by atoms with Crippen LogP contribution in [-0.4, -0.2) is 52.2 Å². The van der Waals surface area contributed by atoms with Crippen molar-refractivity contribution >= 4 is 62.9 Å². The fraction of sp³-hybridized carbons (Fsp3) is 0.333. The molecule has 0 spiro atoms. The van der Waals surface area contributed by atoms with Gasteiger partial charge in [0.2, 0.25) is 5.91 Å². The van der Waals surface area contributed by atoms with Crippen LogP contribution in [0.3, 0.4) is 0 Å². The van der Waals surface area contributed by atoms with Crippen LogP contribution in [0.15, 0.2) is 46.2 Å². The van der Waals surface area contributed by atoms with Gasteiger partial charge in [-0.2, -0.15) is 0 Å². The summed E-state index contributed by atoms with van der Waals surface area (Å²) in [6, 6.07) is 9.31. The van der Waals surface area contributed by atoms with Gasteiger partial charge in [-0.15, -0.1) is 32.9 Å². The highest BCUT2D eigenvalue weighted by Gasteiger charge is 2.25. The maximum atomic E-state index is 13.0. The number of carbonyl (C=O) groups is 2. The van der Waals surface area contributed by atoms with E-state index in [1.807, 2.05) is 17.5 Å². The second kappa shape index (κ2) is 12.6. The van der Waals surface area contributed by atoms with Crippen LogP contribution in [0.4, 0.5) is 5.00 Å². The maximum Gasteiger partial charge on any atom is 0.341 e. The Hall–Kier alpha value is -2.70. The standard InChI is InChI=1S/C27H27ClN4O4S3/c1-3-20-11-17(13-37-20)24-30-31-27(32(24)12-19-5-4-10-36-19)39-15-22(33)29-25-23(26(34)35-2)21(14-38-25)16-6-8-18(28)9-7-16/h6-9,11,13-14,19H,3-5,10,12,15H2,1-2H3,(H,29,33). The first-order valence-electron chi connectivity index (χ1n) is 12.5. The van der Waals surface area contributed by atoms with Crippen LogP contribution in [0.25, 0.3) is 22.5 Å². The first kappa shape index (κ1) is 27.9. The third-order valence-electron chi connectivity index (χ3n) is 6.31. The monoisotopic (exact) mass is 602 g/mol. The Morgan fingerprint density at radius 1 is 1.21 bits per heavy atom. The largest absolute Gasteiger partial charge is 0.465 e. The van der Waals surface area contributed by atoms with Crippen molar-refractivity contribution in [1.29, 1.82) is 0 Å². The molecule has 1 aliphatic heterocycles. The molecule has 204 valence electrons. The fourth-order valence-corrected chi connectivity index (χ4v) is 7.00. The van der Waals surface area contributed by atoms with E-state index < -0.39 is 5.97 Å². The van der Waals surface area contributed by atoms with Crippen LogP contribution in [0, 0.1) is 0 Å². The molecule has 1 amide bonds. The third kappa shape index (κ3) is 6.38.